The fourth-order valence-electron chi connectivity index (χ4n) is 1.63. The molecule has 16 heavy (non-hydrogen) atoms. The molecule has 1 aromatic heterocycles. The number of ether oxygens (including phenoxy) is 2. The van der Waals surface area contributed by atoms with Crippen LogP contribution in [0.15, 0.2) is 18.3 Å². The van der Waals surface area contributed by atoms with Gasteiger partial charge in [0.25, 0.3) is 0 Å². The zero-order valence-corrected chi connectivity index (χ0v) is 8.91. The third kappa shape index (κ3) is 1.29. The van der Waals surface area contributed by atoms with Crippen LogP contribution < -0.4 is 15.2 Å². The van der Waals surface area contributed by atoms with E-state index in [1.165, 1.54) is 0 Å². The van der Waals surface area contributed by atoms with Crippen molar-refractivity contribution in [1.29, 1.82) is 0 Å². The summed E-state index contributed by atoms with van der Waals surface area (Å²) in [5.74, 6) is 1.79. The lowest BCUT2D eigenvalue weighted by atomic mass is 10.1. The first-order chi connectivity index (χ1) is 7.75. The number of anilines is 1. The molecule has 0 amide bonds. The molecule has 1 aliphatic heterocycles. The highest BCUT2D eigenvalue weighted by Gasteiger charge is 2.18. The summed E-state index contributed by atoms with van der Waals surface area (Å²) >= 11 is 6.14. The van der Waals surface area contributed by atoms with Crippen LogP contribution in [0.4, 0.5) is 5.82 Å². The van der Waals surface area contributed by atoms with Crippen molar-refractivity contribution in [3.63, 3.8) is 0 Å². The molecule has 1 aromatic carbocycles. The predicted octanol–water partition coefficient (Wildman–Crippen LogP) is 2.04. The molecule has 0 spiro atoms. The Kier molecular flexibility index (Phi) is 1.94. The van der Waals surface area contributed by atoms with E-state index in [-0.39, 0.29) is 6.79 Å². The van der Waals surface area contributed by atoms with Gasteiger partial charge < -0.3 is 15.2 Å². The Bertz CT molecular complexity index is 553. The number of nitrogens with two attached hydrogens (primary N) is 1. The average Bonchev–Trinajstić information content (AvgIpc) is 2.85. The fraction of sp³-hybridized carbons (Fsp3) is 0.100. The summed E-state index contributed by atoms with van der Waals surface area (Å²) in [7, 11) is 0. The van der Waals surface area contributed by atoms with E-state index >= 15 is 0 Å². The van der Waals surface area contributed by atoms with Crippen molar-refractivity contribution in [2.75, 3.05) is 12.5 Å². The normalized spacial score (nSPS) is 13.1. The summed E-state index contributed by atoms with van der Waals surface area (Å²) in [4.78, 5) is 0. The van der Waals surface area contributed by atoms with Gasteiger partial charge in [0.05, 0.1) is 11.2 Å². The molecule has 0 radical (unpaired) electrons. The molecule has 0 saturated carbocycles. The van der Waals surface area contributed by atoms with E-state index in [4.69, 9.17) is 26.8 Å². The molecule has 2 heterocycles. The maximum atomic E-state index is 6.14. The fourth-order valence-corrected chi connectivity index (χ4v) is 1.89. The van der Waals surface area contributed by atoms with Crippen LogP contribution in [0, 0.1) is 0 Å². The van der Waals surface area contributed by atoms with E-state index in [0.29, 0.717) is 22.3 Å². The van der Waals surface area contributed by atoms with Crippen LogP contribution in [-0.2, 0) is 0 Å². The minimum atomic E-state index is 0.218. The third-order valence-corrected chi connectivity index (χ3v) is 2.73. The summed E-state index contributed by atoms with van der Waals surface area (Å²) < 4.78 is 10.5. The molecule has 2 aromatic rings. The molecule has 3 rings (SSSR count). The standard InChI is InChI=1S/C10H8ClN3O2/c11-7-2-9-8(15-4-16-9)1-5(7)6-3-13-14-10(6)12/h1-3H,4H2,(H3,12,13,14). The van der Waals surface area contributed by atoms with Crippen molar-refractivity contribution < 1.29 is 9.47 Å². The van der Waals surface area contributed by atoms with Crippen molar-refractivity contribution in [2.45, 2.75) is 0 Å². The number of benzene rings is 1. The lowest BCUT2D eigenvalue weighted by molar-refractivity contribution is 0.174. The molecule has 5 nitrogen and oxygen atoms in total. The molecule has 1 aliphatic rings. The van der Waals surface area contributed by atoms with Crippen LogP contribution in [0.2, 0.25) is 5.02 Å². The second kappa shape index (κ2) is 3.31. The molecular formula is C10H8ClN3O2. The minimum Gasteiger partial charge on any atom is -0.454 e. The van der Waals surface area contributed by atoms with Gasteiger partial charge in [-0.2, -0.15) is 5.10 Å². The van der Waals surface area contributed by atoms with E-state index in [1.54, 1.807) is 18.3 Å². The topological polar surface area (TPSA) is 73.2 Å². The van der Waals surface area contributed by atoms with E-state index < -0.39 is 0 Å². The highest BCUT2D eigenvalue weighted by Crippen LogP contribution is 2.41. The summed E-state index contributed by atoms with van der Waals surface area (Å²) in [6.07, 6.45) is 1.62. The van der Waals surface area contributed by atoms with Crippen LogP contribution >= 0.6 is 11.6 Å². The Hall–Kier alpha value is -1.88. The minimum absolute atomic E-state index is 0.218. The molecule has 0 fully saturated rings. The number of H-pyrrole nitrogens is 1. The van der Waals surface area contributed by atoms with E-state index in [2.05, 4.69) is 10.2 Å². The predicted molar refractivity (Wildman–Crippen MR) is 59.6 cm³/mol. The van der Waals surface area contributed by atoms with Crippen molar-refractivity contribution >= 4 is 17.4 Å². The van der Waals surface area contributed by atoms with Crippen LogP contribution in [0.5, 0.6) is 11.5 Å². The Labute approximate surface area is 96.1 Å². The van der Waals surface area contributed by atoms with Gasteiger partial charge in [-0.1, -0.05) is 11.6 Å². The lowest BCUT2D eigenvalue weighted by Gasteiger charge is -2.04. The zero-order valence-electron chi connectivity index (χ0n) is 8.16. The number of halogens is 1. The number of aromatic amines is 1. The number of hydrogen-bond donors (Lipinski definition) is 2. The molecule has 82 valence electrons. The van der Waals surface area contributed by atoms with Crippen molar-refractivity contribution in [1.82, 2.24) is 10.2 Å². The number of fused-ring (bicyclic) bond motifs is 1. The Morgan fingerprint density at radius 2 is 2.00 bits per heavy atom. The molecule has 0 aliphatic carbocycles. The first kappa shape index (κ1) is 9.35. The summed E-state index contributed by atoms with van der Waals surface area (Å²) in [6, 6.07) is 3.51. The first-order valence-electron chi connectivity index (χ1n) is 4.64. The van der Waals surface area contributed by atoms with Crippen LogP contribution in [-0.4, -0.2) is 17.0 Å². The van der Waals surface area contributed by atoms with E-state index in [0.717, 1.165) is 11.1 Å². The molecular weight excluding hydrogens is 230 g/mol. The summed E-state index contributed by atoms with van der Waals surface area (Å²) in [5, 5.41) is 7.06. The highest BCUT2D eigenvalue weighted by atomic mass is 35.5. The number of nitrogens with zero attached hydrogens (tertiary/aromatic N) is 1. The molecule has 0 bridgehead atoms. The van der Waals surface area contributed by atoms with Crippen molar-refractivity contribution in [3.05, 3.63) is 23.4 Å². The molecule has 0 saturated heterocycles. The largest absolute Gasteiger partial charge is 0.454 e. The van der Waals surface area contributed by atoms with E-state index in [9.17, 15) is 0 Å². The number of nitrogens with one attached hydrogen (secondary N) is 1. The van der Waals surface area contributed by atoms with Gasteiger partial charge >= 0.3 is 0 Å². The van der Waals surface area contributed by atoms with Gasteiger partial charge in [0.1, 0.15) is 5.82 Å². The SMILES string of the molecule is Nc1[nH]ncc1-c1cc2c(cc1Cl)OCO2. The van der Waals surface area contributed by atoms with Gasteiger partial charge in [-0.05, 0) is 6.07 Å². The van der Waals surface area contributed by atoms with Gasteiger partial charge in [0.2, 0.25) is 6.79 Å². The second-order valence-electron chi connectivity index (χ2n) is 3.38. The quantitative estimate of drug-likeness (QED) is 0.796. The first-order valence-corrected chi connectivity index (χ1v) is 5.02. The van der Waals surface area contributed by atoms with Gasteiger partial charge in [0, 0.05) is 17.2 Å². The average molecular weight is 238 g/mol. The number of hydrogen-bond acceptors (Lipinski definition) is 4. The van der Waals surface area contributed by atoms with Crippen LogP contribution in [0.1, 0.15) is 0 Å². The Morgan fingerprint density at radius 1 is 1.25 bits per heavy atom. The number of aromatic nitrogens is 2. The molecule has 3 N–H and O–H groups in total. The second-order valence-corrected chi connectivity index (χ2v) is 3.79. The maximum absolute atomic E-state index is 6.14. The van der Waals surface area contributed by atoms with Gasteiger partial charge in [0.15, 0.2) is 11.5 Å². The third-order valence-electron chi connectivity index (χ3n) is 2.42. The van der Waals surface area contributed by atoms with Crippen molar-refractivity contribution in [3.8, 4) is 22.6 Å². The number of rotatable bonds is 1. The van der Waals surface area contributed by atoms with Gasteiger partial charge in [-0.3, -0.25) is 5.10 Å². The molecule has 0 atom stereocenters. The van der Waals surface area contributed by atoms with Gasteiger partial charge in [-0.15, -0.1) is 0 Å². The Balaban J connectivity index is 2.18. The van der Waals surface area contributed by atoms with E-state index in [1.807, 2.05) is 0 Å². The summed E-state index contributed by atoms with van der Waals surface area (Å²) in [5.41, 5.74) is 7.27. The summed E-state index contributed by atoms with van der Waals surface area (Å²) in [6.45, 7) is 0.218. The smallest absolute Gasteiger partial charge is 0.231 e. The van der Waals surface area contributed by atoms with Crippen LogP contribution in [0.25, 0.3) is 11.1 Å². The molecule has 6 heteroatoms. The Morgan fingerprint density at radius 3 is 2.69 bits per heavy atom. The van der Waals surface area contributed by atoms with Crippen molar-refractivity contribution in [2.24, 2.45) is 0 Å². The highest BCUT2D eigenvalue weighted by molar-refractivity contribution is 6.33. The lowest BCUT2D eigenvalue weighted by Crippen LogP contribution is -1.92. The van der Waals surface area contributed by atoms with Crippen LogP contribution in [0.3, 0.4) is 0 Å². The number of nitrogen functional groups attached to an aromatic ring is 1. The maximum Gasteiger partial charge on any atom is 0.231 e. The monoisotopic (exact) mass is 237 g/mol. The molecule has 0 unspecified atom stereocenters. The zero-order chi connectivity index (χ0) is 11.1. The van der Waals surface area contributed by atoms with Gasteiger partial charge in [-0.25, -0.2) is 0 Å².